The van der Waals surface area contributed by atoms with E-state index in [0.717, 1.165) is 49.1 Å². The monoisotopic (exact) mass is 534 g/mol. The highest BCUT2D eigenvalue weighted by molar-refractivity contribution is 6.30. The van der Waals surface area contributed by atoms with Crippen LogP contribution < -0.4 is 20.2 Å². The normalized spacial score (nSPS) is 15.4. The van der Waals surface area contributed by atoms with Crippen molar-refractivity contribution in [2.24, 2.45) is 0 Å². The smallest absolute Gasteiger partial charge is 0.350 e. The summed E-state index contributed by atoms with van der Waals surface area (Å²) in [5.74, 6) is 1.70. The van der Waals surface area contributed by atoms with Gasteiger partial charge in [0.15, 0.2) is 0 Å². The van der Waals surface area contributed by atoms with Gasteiger partial charge in [0.1, 0.15) is 24.0 Å². The lowest BCUT2D eigenvalue weighted by Crippen LogP contribution is -2.46. The van der Waals surface area contributed by atoms with E-state index in [9.17, 15) is 9.90 Å². The third kappa shape index (κ3) is 5.25. The Morgan fingerprint density at radius 1 is 0.947 bits per heavy atom. The zero-order chi connectivity index (χ0) is 26.6. The van der Waals surface area contributed by atoms with Crippen molar-refractivity contribution in [1.29, 1.82) is 0 Å². The topological polar surface area (TPSA) is 88.7 Å². The minimum Gasteiger partial charge on any atom is -0.495 e. The summed E-state index contributed by atoms with van der Waals surface area (Å²) in [5, 5.41) is 15.9. The lowest BCUT2D eigenvalue weighted by Gasteiger charge is -2.36. The van der Waals surface area contributed by atoms with Crippen LogP contribution in [0.25, 0.3) is 5.69 Å². The number of methoxy groups -OCH3 is 1. The predicted octanol–water partition coefficient (Wildman–Crippen LogP) is 4.10. The molecule has 0 aliphatic carbocycles. The van der Waals surface area contributed by atoms with Gasteiger partial charge in [0.2, 0.25) is 0 Å². The molecule has 0 radical (unpaired) electrons. The number of aliphatic hydroxyl groups excluding tert-OH is 1. The maximum Gasteiger partial charge on any atom is 0.350 e. The van der Waals surface area contributed by atoms with E-state index in [1.54, 1.807) is 37.6 Å². The molecule has 2 atom stereocenters. The number of halogens is 1. The number of aromatic nitrogens is 4. The van der Waals surface area contributed by atoms with E-state index in [0.29, 0.717) is 17.0 Å². The van der Waals surface area contributed by atoms with Crippen LogP contribution in [-0.4, -0.2) is 57.7 Å². The molecule has 10 heteroatoms. The predicted molar refractivity (Wildman–Crippen MR) is 149 cm³/mol. The number of aliphatic hydroxyl groups is 1. The Morgan fingerprint density at radius 2 is 1.61 bits per heavy atom. The second-order valence-electron chi connectivity index (χ2n) is 9.25. The summed E-state index contributed by atoms with van der Waals surface area (Å²) < 4.78 is 8.07. The summed E-state index contributed by atoms with van der Waals surface area (Å²) in [6.07, 6.45) is 2.91. The SMILES string of the molecule is CCC(C(O)c1ccc(Cl)cc1)n1ncn(-c2ccc(N3CCN(c4ccc(OC)cn4)CC3)cc2)c1=O. The Hall–Kier alpha value is -3.82. The molecule has 0 saturated carbocycles. The number of rotatable bonds is 8. The van der Waals surface area contributed by atoms with E-state index in [1.165, 1.54) is 15.6 Å². The van der Waals surface area contributed by atoms with Crippen molar-refractivity contribution >= 4 is 23.1 Å². The summed E-state index contributed by atoms with van der Waals surface area (Å²) >= 11 is 5.98. The van der Waals surface area contributed by atoms with Crippen molar-refractivity contribution in [2.45, 2.75) is 25.5 Å². The first-order valence-electron chi connectivity index (χ1n) is 12.7. The highest BCUT2D eigenvalue weighted by Gasteiger charge is 2.25. The van der Waals surface area contributed by atoms with Gasteiger partial charge in [-0.25, -0.2) is 19.0 Å². The summed E-state index contributed by atoms with van der Waals surface area (Å²) in [4.78, 5) is 22.3. The second-order valence-corrected chi connectivity index (χ2v) is 9.68. The molecule has 5 rings (SSSR count). The van der Waals surface area contributed by atoms with Gasteiger partial charge < -0.3 is 19.6 Å². The molecule has 2 unspecified atom stereocenters. The average molecular weight is 535 g/mol. The van der Waals surface area contributed by atoms with Crippen molar-refractivity contribution in [3.05, 3.63) is 94.3 Å². The van der Waals surface area contributed by atoms with Gasteiger partial charge in [0, 0.05) is 36.9 Å². The van der Waals surface area contributed by atoms with Crippen LogP contribution in [0.1, 0.15) is 31.1 Å². The van der Waals surface area contributed by atoms with Crippen molar-refractivity contribution < 1.29 is 9.84 Å². The maximum absolute atomic E-state index is 13.3. The summed E-state index contributed by atoms with van der Waals surface area (Å²) in [6.45, 7) is 5.38. The van der Waals surface area contributed by atoms with Crippen LogP contribution in [0.15, 0.2) is 78.0 Å². The van der Waals surface area contributed by atoms with Gasteiger partial charge in [-0.15, -0.1) is 0 Å². The molecular formula is C28H31ClN6O3. The van der Waals surface area contributed by atoms with Gasteiger partial charge in [-0.2, -0.15) is 5.10 Å². The number of piperazine rings is 1. The van der Waals surface area contributed by atoms with Crippen molar-refractivity contribution in [1.82, 2.24) is 19.3 Å². The number of hydrogen-bond donors (Lipinski definition) is 1. The maximum atomic E-state index is 13.3. The number of benzene rings is 2. The molecule has 1 saturated heterocycles. The fourth-order valence-corrected chi connectivity index (χ4v) is 4.96. The number of pyridine rings is 1. The third-order valence-electron chi connectivity index (χ3n) is 7.06. The number of ether oxygens (including phenoxy) is 1. The quantitative estimate of drug-likeness (QED) is 0.364. The minimum atomic E-state index is -0.882. The first-order chi connectivity index (χ1) is 18.5. The van der Waals surface area contributed by atoms with Gasteiger partial charge in [-0.3, -0.25) is 0 Å². The number of anilines is 2. The molecule has 0 bridgehead atoms. The second kappa shape index (κ2) is 11.3. The van der Waals surface area contributed by atoms with Crippen molar-refractivity contribution in [2.75, 3.05) is 43.1 Å². The Bertz CT molecular complexity index is 1390. The average Bonchev–Trinajstić information content (AvgIpc) is 3.34. The van der Waals surface area contributed by atoms with E-state index >= 15 is 0 Å². The van der Waals surface area contributed by atoms with Gasteiger partial charge in [-0.1, -0.05) is 30.7 Å². The molecule has 0 spiro atoms. The van der Waals surface area contributed by atoms with E-state index in [2.05, 4.69) is 19.9 Å². The number of nitrogens with zero attached hydrogens (tertiary/aromatic N) is 6. The van der Waals surface area contributed by atoms with Crippen LogP contribution in [0, 0.1) is 0 Å². The third-order valence-corrected chi connectivity index (χ3v) is 7.31. The molecule has 4 aromatic rings. The van der Waals surface area contributed by atoms with Crippen molar-refractivity contribution in [3.8, 4) is 11.4 Å². The molecule has 38 heavy (non-hydrogen) atoms. The summed E-state index contributed by atoms with van der Waals surface area (Å²) in [7, 11) is 1.64. The molecule has 9 nitrogen and oxygen atoms in total. The largest absolute Gasteiger partial charge is 0.495 e. The molecule has 198 valence electrons. The zero-order valence-electron chi connectivity index (χ0n) is 21.4. The molecule has 1 fully saturated rings. The molecular weight excluding hydrogens is 504 g/mol. The molecule has 1 aliphatic rings. The van der Waals surface area contributed by atoms with E-state index < -0.39 is 12.1 Å². The van der Waals surface area contributed by atoms with Gasteiger partial charge in [0.25, 0.3) is 0 Å². The standard InChI is InChI=1S/C28H31ClN6O3/c1-3-25(27(36)20-4-6-21(29)7-5-20)35-28(37)34(19-31-35)23-10-8-22(9-11-23)32-14-16-33(17-15-32)26-13-12-24(38-2)18-30-26/h4-13,18-19,25,27,36H,3,14-17H2,1-2H3. The molecule has 3 heterocycles. The molecule has 1 N–H and O–H groups in total. The lowest BCUT2D eigenvalue weighted by atomic mass is 10.0. The fraction of sp³-hybridized carbons (Fsp3) is 0.321. The van der Waals surface area contributed by atoms with Gasteiger partial charge in [0.05, 0.1) is 25.0 Å². The van der Waals surface area contributed by atoms with Crippen LogP contribution in [0.2, 0.25) is 5.02 Å². The van der Waals surface area contributed by atoms with E-state index in [1.807, 2.05) is 43.3 Å². The Balaban J connectivity index is 1.26. The molecule has 1 aliphatic heterocycles. The Kier molecular flexibility index (Phi) is 7.67. The minimum absolute atomic E-state index is 0.293. The highest BCUT2D eigenvalue weighted by atomic mass is 35.5. The molecule has 2 aromatic carbocycles. The lowest BCUT2D eigenvalue weighted by molar-refractivity contribution is 0.101. The van der Waals surface area contributed by atoms with Crippen LogP contribution in [0.3, 0.4) is 0 Å². The zero-order valence-corrected chi connectivity index (χ0v) is 22.2. The van der Waals surface area contributed by atoms with Crippen LogP contribution in [0.4, 0.5) is 11.5 Å². The molecule has 2 aromatic heterocycles. The van der Waals surface area contributed by atoms with Gasteiger partial charge >= 0.3 is 5.69 Å². The van der Waals surface area contributed by atoms with Crippen LogP contribution in [-0.2, 0) is 0 Å². The summed E-state index contributed by atoms with van der Waals surface area (Å²) in [6, 6.07) is 18.3. The van der Waals surface area contributed by atoms with Crippen molar-refractivity contribution in [3.63, 3.8) is 0 Å². The van der Waals surface area contributed by atoms with E-state index in [4.69, 9.17) is 16.3 Å². The fourth-order valence-electron chi connectivity index (χ4n) is 4.83. The first kappa shape index (κ1) is 25.8. The van der Waals surface area contributed by atoms with Crippen LogP contribution in [0.5, 0.6) is 5.75 Å². The summed E-state index contributed by atoms with van der Waals surface area (Å²) in [5.41, 5.74) is 2.22. The number of hydrogen-bond acceptors (Lipinski definition) is 7. The Morgan fingerprint density at radius 3 is 2.21 bits per heavy atom. The van der Waals surface area contributed by atoms with Gasteiger partial charge in [-0.05, 0) is 60.5 Å². The first-order valence-corrected chi connectivity index (χ1v) is 13.1. The van der Waals surface area contributed by atoms with E-state index in [-0.39, 0.29) is 5.69 Å². The molecule has 0 amide bonds. The Labute approximate surface area is 226 Å². The highest BCUT2D eigenvalue weighted by Crippen LogP contribution is 2.29. The van der Waals surface area contributed by atoms with Crippen LogP contribution >= 0.6 is 11.6 Å².